The minimum Gasteiger partial charge on any atom is -0.488 e. The summed E-state index contributed by atoms with van der Waals surface area (Å²) in [5.41, 5.74) is 1.28. The first kappa shape index (κ1) is 12.2. The van der Waals surface area contributed by atoms with Crippen LogP contribution in [0.3, 0.4) is 0 Å². The molecule has 1 nitrogen and oxygen atoms in total. The van der Waals surface area contributed by atoms with Gasteiger partial charge in [0.2, 0.25) is 0 Å². The van der Waals surface area contributed by atoms with Gasteiger partial charge in [0.05, 0.1) is 0 Å². The highest BCUT2D eigenvalue weighted by Crippen LogP contribution is 2.29. The Morgan fingerprint density at radius 2 is 1.95 bits per heavy atom. The van der Waals surface area contributed by atoms with E-state index < -0.39 is 0 Å². The second kappa shape index (κ2) is 5.02. The van der Waals surface area contributed by atoms with Crippen molar-refractivity contribution in [2.45, 2.75) is 13.5 Å². The summed E-state index contributed by atoms with van der Waals surface area (Å²) in [7, 11) is 0. The molecule has 0 aliphatic carbocycles. The molecular formula is C16H13FOS. The Kier molecular flexibility index (Phi) is 3.22. The fourth-order valence-electron chi connectivity index (χ4n) is 2.04. The standard InChI is InChI=1S/C16H13FOS/c1-11-4-2-5-12-8-15(19-16(11)12)10-18-14-7-3-6-13(17)9-14/h2-9H,10H2,1H3. The molecule has 3 rings (SSSR count). The summed E-state index contributed by atoms with van der Waals surface area (Å²) in [6, 6.07) is 14.6. The zero-order valence-corrected chi connectivity index (χ0v) is 11.3. The molecule has 2 aromatic carbocycles. The highest BCUT2D eigenvalue weighted by Gasteiger charge is 2.05. The van der Waals surface area contributed by atoms with Gasteiger partial charge in [-0.3, -0.25) is 0 Å². The zero-order chi connectivity index (χ0) is 13.2. The molecule has 0 spiro atoms. The minimum absolute atomic E-state index is 0.273. The number of rotatable bonds is 3. The van der Waals surface area contributed by atoms with Crippen LogP contribution in [0.25, 0.3) is 10.1 Å². The first-order valence-electron chi connectivity index (χ1n) is 6.09. The van der Waals surface area contributed by atoms with Crippen molar-refractivity contribution in [2.75, 3.05) is 0 Å². The van der Waals surface area contributed by atoms with Gasteiger partial charge in [-0.05, 0) is 36.1 Å². The lowest BCUT2D eigenvalue weighted by Crippen LogP contribution is -1.92. The molecule has 0 unspecified atom stereocenters. The molecule has 19 heavy (non-hydrogen) atoms. The van der Waals surface area contributed by atoms with Crippen molar-refractivity contribution in [3.05, 3.63) is 64.8 Å². The van der Waals surface area contributed by atoms with Gasteiger partial charge >= 0.3 is 0 Å². The largest absolute Gasteiger partial charge is 0.488 e. The summed E-state index contributed by atoms with van der Waals surface area (Å²) >= 11 is 1.73. The molecule has 0 fully saturated rings. The highest BCUT2D eigenvalue weighted by atomic mass is 32.1. The van der Waals surface area contributed by atoms with Crippen LogP contribution < -0.4 is 4.74 Å². The number of fused-ring (bicyclic) bond motifs is 1. The molecule has 96 valence electrons. The van der Waals surface area contributed by atoms with Crippen molar-refractivity contribution in [2.24, 2.45) is 0 Å². The molecular weight excluding hydrogens is 259 g/mol. The molecule has 0 saturated heterocycles. The average Bonchev–Trinajstić information content (AvgIpc) is 2.81. The second-order valence-corrected chi connectivity index (χ2v) is 5.59. The van der Waals surface area contributed by atoms with Gasteiger partial charge in [0.25, 0.3) is 0 Å². The maximum absolute atomic E-state index is 13.0. The summed E-state index contributed by atoms with van der Waals surface area (Å²) in [6.07, 6.45) is 0. The predicted molar refractivity (Wildman–Crippen MR) is 77.3 cm³/mol. The number of ether oxygens (including phenoxy) is 1. The fraction of sp³-hybridized carbons (Fsp3) is 0.125. The molecule has 0 radical (unpaired) electrons. The minimum atomic E-state index is -0.273. The summed E-state index contributed by atoms with van der Waals surface area (Å²) in [5, 5.41) is 1.24. The van der Waals surface area contributed by atoms with Crippen molar-refractivity contribution in [1.29, 1.82) is 0 Å². The van der Waals surface area contributed by atoms with Gasteiger partial charge in [-0.15, -0.1) is 11.3 Å². The van der Waals surface area contributed by atoms with E-state index >= 15 is 0 Å². The Hall–Kier alpha value is -1.87. The van der Waals surface area contributed by atoms with Crippen molar-refractivity contribution in [3.63, 3.8) is 0 Å². The van der Waals surface area contributed by atoms with Crippen LogP contribution in [0.4, 0.5) is 4.39 Å². The van der Waals surface area contributed by atoms with Gasteiger partial charge in [-0.25, -0.2) is 4.39 Å². The SMILES string of the molecule is Cc1cccc2cc(COc3cccc(F)c3)sc12. The topological polar surface area (TPSA) is 9.23 Å². The Bertz CT molecular complexity index is 718. The number of aryl methyl sites for hydroxylation is 1. The lowest BCUT2D eigenvalue weighted by atomic mass is 10.2. The van der Waals surface area contributed by atoms with E-state index in [1.807, 2.05) is 0 Å². The number of thiophene rings is 1. The van der Waals surface area contributed by atoms with Crippen LogP contribution in [0.5, 0.6) is 5.75 Å². The predicted octanol–water partition coefficient (Wildman–Crippen LogP) is 4.93. The van der Waals surface area contributed by atoms with Crippen molar-refractivity contribution in [1.82, 2.24) is 0 Å². The summed E-state index contributed by atoms with van der Waals surface area (Å²) in [4.78, 5) is 1.15. The van der Waals surface area contributed by atoms with E-state index in [1.54, 1.807) is 23.5 Å². The van der Waals surface area contributed by atoms with Gasteiger partial charge in [-0.2, -0.15) is 0 Å². The van der Waals surface area contributed by atoms with E-state index in [0.29, 0.717) is 12.4 Å². The van der Waals surface area contributed by atoms with E-state index in [1.165, 1.54) is 27.8 Å². The van der Waals surface area contributed by atoms with Gasteiger partial charge in [0.1, 0.15) is 18.2 Å². The third-order valence-corrected chi connectivity index (χ3v) is 4.23. The Morgan fingerprint density at radius 3 is 2.74 bits per heavy atom. The van der Waals surface area contributed by atoms with E-state index in [0.717, 1.165) is 4.88 Å². The van der Waals surface area contributed by atoms with E-state index in [2.05, 4.69) is 31.2 Å². The van der Waals surface area contributed by atoms with Gasteiger partial charge in [0.15, 0.2) is 0 Å². The molecule has 0 aliphatic rings. The number of hydrogen-bond acceptors (Lipinski definition) is 2. The maximum atomic E-state index is 13.0. The fourth-order valence-corrected chi connectivity index (χ4v) is 3.08. The summed E-state index contributed by atoms with van der Waals surface area (Å²) in [5.74, 6) is 0.291. The molecule has 0 bridgehead atoms. The number of hydrogen-bond donors (Lipinski definition) is 0. The molecule has 1 heterocycles. The van der Waals surface area contributed by atoms with Gasteiger partial charge in [0, 0.05) is 15.6 Å². The third-order valence-electron chi connectivity index (χ3n) is 2.97. The lowest BCUT2D eigenvalue weighted by molar-refractivity contribution is 0.308. The van der Waals surface area contributed by atoms with Crippen LogP contribution in [0.1, 0.15) is 10.4 Å². The molecule has 0 atom stereocenters. The van der Waals surface area contributed by atoms with Crippen LogP contribution in [-0.4, -0.2) is 0 Å². The quantitative estimate of drug-likeness (QED) is 0.657. The highest BCUT2D eigenvalue weighted by molar-refractivity contribution is 7.19. The molecule has 0 saturated carbocycles. The molecule has 3 aromatic rings. The molecule has 0 N–H and O–H groups in total. The Labute approximate surface area is 115 Å². The van der Waals surface area contributed by atoms with Crippen molar-refractivity contribution >= 4 is 21.4 Å². The van der Waals surface area contributed by atoms with Crippen LogP contribution in [0.15, 0.2) is 48.5 Å². The monoisotopic (exact) mass is 272 g/mol. The van der Waals surface area contributed by atoms with Crippen LogP contribution in [0, 0.1) is 12.7 Å². The van der Waals surface area contributed by atoms with Gasteiger partial charge < -0.3 is 4.74 Å². The number of benzene rings is 2. The first-order valence-corrected chi connectivity index (χ1v) is 6.90. The average molecular weight is 272 g/mol. The van der Waals surface area contributed by atoms with E-state index in [9.17, 15) is 4.39 Å². The van der Waals surface area contributed by atoms with Crippen LogP contribution in [-0.2, 0) is 6.61 Å². The maximum Gasteiger partial charge on any atom is 0.126 e. The van der Waals surface area contributed by atoms with Crippen LogP contribution >= 0.6 is 11.3 Å². The van der Waals surface area contributed by atoms with Gasteiger partial charge in [-0.1, -0.05) is 24.3 Å². The third kappa shape index (κ3) is 2.61. The molecule has 0 amide bonds. The van der Waals surface area contributed by atoms with Crippen molar-refractivity contribution in [3.8, 4) is 5.75 Å². The molecule has 0 aliphatic heterocycles. The smallest absolute Gasteiger partial charge is 0.126 e. The van der Waals surface area contributed by atoms with Crippen molar-refractivity contribution < 1.29 is 9.13 Å². The Morgan fingerprint density at radius 1 is 1.11 bits per heavy atom. The summed E-state index contributed by atoms with van der Waals surface area (Å²) < 4.78 is 19.9. The van der Waals surface area contributed by atoms with E-state index in [-0.39, 0.29) is 5.82 Å². The number of halogens is 1. The van der Waals surface area contributed by atoms with Crippen LogP contribution in [0.2, 0.25) is 0 Å². The normalized spacial score (nSPS) is 10.8. The zero-order valence-electron chi connectivity index (χ0n) is 10.5. The summed E-state index contributed by atoms with van der Waals surface area (Å²) in [6.45, 7) is 2.58. The Balaban J connectivity index is 1.80. The first-order chi connectivity index (χ1) is 9.22. The molecule has 3 heteroatoms. The second-order valence-electron chi connectivity index (χ2n) is 4.45. The molecule has 1 aromatic heterocycles. The van der Waals surface area contributed by atoms with E-state index in [4.69, 9.17) is 4.74 Å². The lowest BCUT2D eigenvalue weighted by Gasteiger charge is -2.03.